The minimum atomic E-state index is -1.69. The van der Waals surface area contributed by atoms with E-state index in [9.17, 15) is 19.1 Å². The first-order chi connectivity index (χ1) is 8.81. The van der Waals surface area contributed by atoms with E-state index < -0.39 is 23.2 Å². The van der Waals surface area contributed by atoms with Crippen LogP contribution < -0.4 is 0 Å². The van der Waals surface area contributed by atoms with Gasteiger partial charge in [-0.15, -0.1) is 0 Å². The molecular weight excluding hydrogens is 319 g/mol. The van der Waals surface area contributed by atoms with Gasteiger partial charge in [0.25, 0.3) is 0 Å². The highest BCUT2D eigenvalue weighted by Gasteiger charge is 2.43. The topological polar surface area (TPSA) is 63.6 Å². The molecule has 0 aliphatic carbocycles. The molecule has 0 radical (unpaired) electrons. The summed E-state index contributed by atoms with van der Waals surface area (Å²) in [5.41, 5.74) is -1.15. The van der Waals surface area contributed by atoms with Crippen LogP contribution in [0.2, 0.25) is 0 Å². The first-order valence-corrected chi connectivity index (χ1v) is 6.45. The molecule has 0 saturated carbocycles. The van der Waals surface area contributed by atoms with E-state index >= 15 is 0 Å². The van der Waals surface area contributed by atoms with Crippen LogP contribution in [0.25, 0.3) is 0 Å². The molecule has 6 heteroatoms. The Balaban J connectivity index is 3.04. The van der Waals surface area contributed by atoms with E-state index in [2.05, 4.69) is 15.9 Å². The third kappa shape index (κ3) is 3.53. The van der Waals surface area contributed by atoms with Gasteiger partial charge in [0.05, 0.1) is 11.1 Å². The minimum Gasteiger partial charge on any atom is -0.480 e. The Labute approximate surface area is 118 Å². The van der Waals surface area contributed by atoms with E-state index in [0.717, 1.165) is 0 Å². The van der Waals surface area contributed by atoms with Crippen molar-refractivity contribution in [1.29, 1.82) is 0 Å². The van der Waals surface area contributed by atoms with Crippen molar-refractivity contribution in [1.82, 2.24) is 0 Å². The number of carbonyl (C=O) groups is 2. The number of aliphatic carboxylic acids is 1. The lowest BCUT2D eigenvalue weighted by Gasteiger charge is -2.22. The lowest BCUT2D eigenvalue weighted by atomic mass is 9.83. The number of carboxylic acids is 1. The monoisotopic (exact) mass is 332 g/mol. The number of hydrogen-bond acceptors (Lipinski definition) is 3. The zero-order valence-electron chi connectivity index (χ0n) is 10.6. The van der Waals surface area contributed by atoms with Crippen LogP contribution in [0.1, 0.15) is 19.4 Å². The van der Waals surface area contributed by atoms with Gasteiger partial charge in [0.15, 0.2) is 5.41 Å². The van der Waals surface area contributed by atoms with Gasteiger partial charge in [0.2, 0.25) is 0 Å². The maximum atomic E-state index is 13.1. The highest BCUT2D eigenvalue weighted by Crippen LogP contribution is 2.27. The summed E-state index contributed by atoms with van der Waals surface area (Å²) in [7, 11) is 0. The number of rotatable bonds is 5. The fourth-order valence-corrected chi connectivity index (χ4v) is 2.01. The molecular formula is C13H14BrFO4. The number of ether oxygens (including phenoxy) is 1. The number of hydrogen-bond donors (Lipinski definition) is 1. The lowest BCUT2D eigenvalue weighted by Crippen LogP contribution is -2.40. The minimum absolute atomic E-state index is 0.0694. The molecule has 1 aromatic rings. The van der Waals surface area contributed by atoms with Crippen molar-refractivity contribution in [2.45, 2.75) is 20.3 Å². The molecule has 4 nitrogen and oxygen atoms in total. The van der Waals surface area contributed by atoms with E-state index in [-0.39, 0.29) is 17.5 Å². The van der Waals surface area contributed by atoms with Crippen molar-refractivity contribution in [3.8, 4) is 0 Å². The van der Waals surface area contributed by atoms with Gasteiger partial charge in [-0.1, -0.05) is 6.07 Å². The molecule has 1 atom stereocenters. The van der Waals surface area contributed by atoms with E-state index in [1.165, 1.54) is 25.1 Å². The van der Waals surface area contributed by atoms with Gasteiger partial charge in [0.1, 0.15) is 5.82 Å². The van der Waals surface area contributed by atoms with Crippen LogP contribution in [0.4, 0.5) is 4.39 Å². The predicted octanol–water partition coefficient (Wildman–Crippen LogP) is 2.78. The summed E-state index contributed by atoms with van der Waals surface area (Å²) >= 11 is 3.02. The van der Waals surface area contributed by atoms with Gasteiger partial charge in [-0.3, -0.25) is 9.59 Å². The Hall–Kier alpha value is -1.43. The second-order valence-electron chi connectivity index (χ2n) is 4.28. The molecule has 1 aromatic carbocycles. The van der Waals surface area contributed by atoms with Crippen molar-refractivity contribution >= 4 is 27.9 Å². The molecule has 0 amide bonds. The molecule has 1 rings (SSSR count). The Morgan fingerprint density at radius 3 is 2.58 bits per heavy atom. The van der Waals surface area contributed by atoms with Crippen molar-refractivity contribution in [3.63, 3.8) is 0 Å². The van der Waals surface area contributed by atoms with Crippen LogP contribution in [0.5, 0.6) is 0 Å². The van der Waals surface area contributed by atoms with Crippen LogP contribution in [-0.2, 0) is 20.7 Å². The van der Waals surface area contributed by atoms with Gasteiger partial charge in [-0.25, -0.2) is 4.39 Å². The summed E-state index contributed by atoms with van der Waals surface area (Å²) < 4.78 is 18.1. The molecule has 0 fully saturated rings. The summed E-state index contributed by atoms with van der Waals surface area (Å²) in [5, 5.41) is 9.23. The maximum Gasteiger partial charge on any atom is 0.323 e. The quantitative estimate of drug-likeness (QED) is 0.665. The van der Waals surface area contributed by atoms with Crippen LogP contribution >= 0.6 is 15.9 Å². The van der Waals surface area contributed by atoms with E-state index in [4.69, 9.17) is 4.74 Å². The van der Waals surface area contributed by atoms with Gasteiger partial charge in [0, 0.05) is 0 Å². The van der Waals surface area contributed by atoms with Crippen LogP contribution in [0.15, 0.2) is 22.7 Å². The Morgan fingerprint density at radius 2 is 2.11 bits per heavy atom. The van der Waals surface area contributed by atoms with Gasteiger partial charge >= 0.3 is 11.9 Å². The normalized spacial score (nSPS) is 13.7. The number of halogens is 2. The lowest BCUT2D eigenvalue weighted by molar-refractivity contribution is -0.167. The Kier molecular flexibility index (Phi) is 5.05. The molecule has 0 aliphatic heterocycles. The van der Waals surface area contributed by atoms with E-state index in [0.29, 0.717) is 5.56 Å². The molecule has 19 heavy (non-hydrogen) atoms. The standard InChI is InChI=1S/C13H14BrFO4/c1-3-19-12(18)13(2,11(16)17)7-8-4-5-10(15)9(14)6-8/h4-6H,3,7H2,1-2H3,(H,16,17). The molecule has 0 bridgehead atoms. The molecule has 0 heterocycles. The summed E-state index contributed by atoms with van der Waals surface area (Å²) in [4.78, 5) is 23.1. The van der Waals surface area contributed by atoms with Crippen LogP contribution in [-0.4, -0.2) is 23.7 Å². The maximum absolute atomic E-state index is 13.1. The largest absolute Gasteiger partial charge is 0.480 e. The number of benzene rings is 1. The molecule has 1 N–H and O–H groups in total. The summed E-state index contributed by atoms with van der Waals surface area (Å²) in [6.45, 7) is 3.01. The summed E-state index contributed by atoms with van der Waals surface area (Å²) in [5.74, 6) is -2.52. The average molecular weight is 333 g/mol. The van der Waals surface area contributed by atoms with Crippen molar-refractivity contribution in [3.05, 3.63) is 34.1 Å². The fourth-order valence-electron chi connectivity index (χ4n) is 1.58. The Bertz CT molecular complexity index is 503. The molecule has 0 spiro atoms. The third-order valence-corrected chi connectivity index (χ3v) is 3.35. The first kappa shape index (κ1) is 15.6. The molecule has 1 unspecified atom stereocenters. The van der Waals surface area contributed by atoms with Crippen molar-refractivity contribution in [2.75, 3.05) is 6.61 Å². The highest BCUT2D eigenvalue weighted by atomic mass is 79.9. The number of carboxylic acid groups (broad SMARTS) is 1. The van der Waals surface area contributed by atoms with E-state index in [1.807, 2.05) is 0 Å². The molecule has 104 valence electrons. The molecule has 0 aromatic heterocycles. The zero-order chi connectivity index (χ0) is 14.6. The fraction of sp³-hybridized carbons (Fsp3) is 0.385. The molecule has 0 saturated heterocycles. The van der Waals surface area contributed by atoms with Crippen molar-refractivity contribution < 1.29 is 23.8 Å². The summed E-state index contributed by atoms with van der Waals surface area (Å²) in [6, 6.07) is 4.11. The number of esters is 1. The zero-order valence-corrected chi connectivity index (χ0v) is 12.2. The predicted molar refractivity (Wildman–Crippen MR) is 70.2 cm³/mol. The van der Waals surface area contributed by atoms with Gasteiger partial charge in [-0.05, 0) is 53.9 Å². The van der Waals surface area contributed by atoms with Gasteiger partial charge in [-0.2, -0.15) is 0 Å². The second-order valence-corrected chi connectivity index (χ2v) is 5.14. The van der Waals surface area contributed by atoms with Crippen molar-refractivity contribution in [2.24, 2.45) is 5.41 Å². The smallest absolute Gasteiger partial charge is 0.323 e. The first-order valence-electron chi connectivity index (χ1n) is 5.65. The van der Waals surface area contributed by atoms with Crippen LogP contribution in [0, 0.1) is 11.2 Å². The number of carbonyl (C=O) groups excluding carboxylic acids is 1. The van der Waals surface area contributed by atoms with Crippen LogP contribution in [0.3, 0.4) is 0 Å². The second kappa shape index (κ2) is 6.14. The average Bonchev–Trinajstić information content (AvgIpc) is 2.33. The highest BCUT2D eigenvalue weighted by molar-refractivity contribution is 9.10. The van der Waals surface area contributed by atoms with E-state index in [1.54, 1.807) is 6.92 Å². The third-order valence-electron chi connectivity index (χ3n) is 2.74. The molecule has 0 aliphatic rings. The van der Waals surface area contributed by atoms with Gasteiger partial charge < -0.3 is 9.84 Å². The SMILES string of the molecule is CCOC(=O)C(C)(Cc1ccc(F)c(Br)c1)C(=O)O. The summed E-state index contributed by atoms with van der Waals surface area (Å²) in [6.07, 6.45) is -0.0694. The Morgan fingerprint density at radius 1 is 1.47 bits per heavy atom.